The number of nitrogen functional groups attached to an aromatic ring is 1. The van der Waals surface area contributed by atoms with Gasteiger partial charge in [0.25, 0.3) is 0 Å². The highest BCUT2D eigenvalue weighted by Gasteiger charge is 2.19. The largest absolute Gasteiger partial charge is 0.399 e. The summed E-state index contributed by atoms with van der Waals surface area (Å²) in [4.78, 5) is 12.3. The molecular weight excluding hydrogens is 262 g/mol. The number of benzene rings is 1. The van der Waals surface area contributed by atoms with Crippen molar-refractivity contribution in [2.75, 3.05) is 5.73 Å². The van der Waals surface area contributed by atoms with E-state index in [0.29, 0.717) is 10.6 Å². The van der Waals surface area contributed by atoms with Gasteiger partial charge in [0.15, 0.2) is 0 Å². The third-order valence-electron chi connectivity index (χ3n) is 3.21. The summed E-state index contributed by atoms with van der Waals surface area (Å²) in [6.45, 7) is 0. The Kier molecular flexibility index (Phi) is 3.99. The van der Waals surface area contributed by atoms with Gasteiger partial charge >= 0.3 is 6.03 Å². The van der Waals surface area contributed by atoms with Gasteiger partial charge in [-0.1, -0.05) is 12.8 Å². The monoisotopic (exact) mass is 281 g/mol. The van der Waals surface area contributed by atoms with Crippen molar-refractivity contribution in [3.05, 3.63) is 24.3 Å². The van der Waals surface area contributed by atoms with Crippen molar-refractivity contribution in [2.24, 2.45) is 0 Å². The van der Waals surface area contributed by atoms with Crippen LogP contribution in [0.2, 0.25) is 0 Å². The first kappa shape index (κ1) is 13.7. The molecule has 4 N–H and O–H groups in total. The number of anilines is 1. The molecule has 0 heterocycles. The molecule has 0 radical (unpaired) electrons. The van der Waals surface area contributed by atoms with E-state index in [2.05, 4.69) is 15.9 Å². The third-order valence-corrected chi connectivity index (χ3v) is 4.76. The van der Waals surface area contributed by atoms with Crippen molar-refractivity contribution in [3.8, 4) is 0 Å². The minimum Gasteiger partial charge on any atom is -0.399 e. The average molecular weight is 281 g/mol. The van der Waals surface area contributed by atoms with Gasteiger partial charge in [0.05, 0.1) is 9.71 Å². The maximum absolute atomic E-state index is 12.4. The first-order chi connectivity index (χ1) is 8.97. The third kappa shape index (κ3) is 3.64. The predicted molar refractivity (Wildman–Crippen MR) is 78.3 cm³/mol. The lowest BCUT2D eigenvalue weighted by Crippen LogP contribution is -2.43. The summed E-state index contributed by atoms with van der Waals surface area (Å²) in [7, 11) is -2.84. The minimum absolute atomic E-state index is 0.182. The molecule has 0 saturated heterocycles. The first-order valence-corrected chi connectivity index (χ1v) is 8.01. The Morgan fingerprint density at radius 3 is 2.42 bits per heavy atom. The lowest BCUT2D eigenvalue weighted by molar-refractivity contribution is 0.242. The number of nitrogens with two attached hydrogens (primary N) is 1. The number of carbonyl (C=O) groups excluding carboxylic acids is 1. The molecule has 1 aromatic carbocycles. The summed E-state index contributed by atoms with van der Waals surface area (Å²) < 4.78 is 14.8. The van der Waals surface area contributed by atoms with Crippen molar-refractivity contribution in [1.82, 2.24) is 10.0 Å². The fourth-order valence-electron chi connectivity index (χ4n) is 2.18. The standard InChI is InChI=1S/C13H19N3O2S/c1-19(18,12-8-6-10(14)7-9-12)16-13(17)15-11-4-2-3-5-11/h6-9,11H,1-5,14H2,(H2,15,16,17,18). The van der Waals surface area contributed by atoms with Gasteiger partial charge in [-0.25, -0.2) is 9.00 Å². The minimum atomic E-state index is -2.84. The van der Waals surface area contributed by atoms with Crippen molar-refractivity contribution < 1.29 is 9.00 Å². The van der Waals surface area contributed by atoms with Crippen LogP contribution in [0.25, 0.3) is 0 Å². The van der Waals surface area contributed by atoms with E-state index >= 15 is 0 Å². The molecule has 104 valence electrons. The molecule has 0 aliphatic heterocycles. The van der Waals surface area contributed by atoms with Gasteiger partial charge in [-0.3, -0.25) is 4.72 Å². The van der Waals surface area contributed by atoms with E-state index in [1.807, 2.05) is 0 Å². The molecule has 0 aromatic heterocycles. The van der Waals surface area contributed by atoms with Crippen LogP contribution in [0, 0.1) is 0 Å². The zero-order valence-corrected chi connectivity index (χ0v) is 11.5. The second-order valence-corrected chi connectivity index (χ2v) is 6.83. The Balaban J connectivity index is 2.00. The van der Waals surface area contributed by atoms with E-state index in [1.54, 1.807) is 24.3 Å². The van der Waals surface area contributed by atoms with E-state index in [1.165, 1.54) is 0 Å². The van der Waals surface area contributed by atoms with E-state index in [-0.39, 0.29) is 6.04 Å². The van der Waals surface area contributed by atoms with Gasteiger partial charge in [0.1, 0.15) is 0 Å². The Hall–Kier alpha value is -1.69. The zero-order chi connectivity index (χ0) is 13.9. The van der Waals surface area contributed by atoms with Gasteiger partial charge in [-0.2, -0.15) is 0 Å². The van der Waals surface area contributed by atoms with Crippen LogP contribution in [0.4, 0.5) is 10.5 Å². The summed E-state index contributed by atoms with van der Waals surface area (Å²) >= 11 is 0. The normalized spacial score (nSPS) is 18.7. The molecule has 1 unspecified atom stereocenters. The first-order valence-electron chi connectivity index (χ1n) is 6.28. The maximum atomic E-state index is 12.4. The molecule has 1 atom stereocenters. The molecule has 1 aliphatic carbocycles. The molecule has 2 amide bonds. The summed E-state index contributed by atoms with van der Waals surface area (Å²) in [5.41, 5.74) is 6.15. The fraction of sp³-hybridized carbons (Fsp3) is 0.385. The summed E-state index contributed by atoms with van der Waals surface area (Å²) in [6.07, 6.45) is 4.21. The number of hydrogen-bond donors (Lipinski definition) is 3. The molecule has 6 heteroatoms. The Morgan fingerprint density at radius 1 is 1.26 bits per heavy atom. The SMILES string of the molecule is C=S(=O)(NC(=O)NC1CCCC1)c1ccc(N)cc1. The molecule has 2 rings (SSSR count). The van der Waals surface area contributed by atoms with Crippen LogP contribution in [0.5, 0.6) is 0 Å². The number of carbonyl (C=O) groups is 1. The van der Waals surface area contributed by atoms with E-state index < -0.39 is 15.7 Å². The number of rotatable bonds is 3. The lowest BCUT2D eigenvalue weighted by Gasteiger charge is -2.16. The van der Waals surface area contributed by atoms with Gasteiger partial charge in [0.2, 0.25) is 0 Å². The molecule has 1 aliphatic rings. The van der Waals surface area contributed by atoms with Crippen molar-refractivity contribution >= 4 is 27.3 Å². The van der Waals surface area contributed by atoms with Crippen LogP contribution in [0.15, 0.2) is 29.2 Å². The molecule has 5 nitrogen and oxygen atoms in total. The zero-order valence-electron chi connectivity index (χ0n) is 10.7. The number of nitrogens with one attached hydrogen (secondary N) is 2. The van der Waals surface area contributed by atoms with Crippen LogP contribution in [-0.2, 0) is 9.71 Å². The molecular formula is C13H19N3O2S. The maximum Gasteiger partial charge on any atom is 0.326 e. The van der Waals surface area contributed by atoms with Crippen LogP contribution in [0.3, 0.4) is 0 Å². The van der Waals surface area contributed by atoms with Gasteiger partial charge in [-0.15, -0.1) is 0 Å². The van der Waals surface area contributed by atoms with E-state index in [0.717, 1.165) is 25.7 Å². The molecule has 1 fully saturated rings. The van der Waals surface area contributed by atoms with Crippen molar-refractivity contribution in [1.29, 1.82) is 0 Å². The molecule has 0 spiro atoms. The second kappa shape index (κ2) is 5.52. The molecule has 0 bridgehead atoms. The van der Waals surface area contributed by atoms with Crippen LogP contribution >= 0.6 is 0 Å². The Bertz CT molecular complexity index is 546. The number of hydrogen-bond acceptors (Lipinski definition) is 3. The Morgan fingerprint density at radius 2 is 1.84 bits per heavy atom. The second-order valence-electron chi connectivity index (χ2n) is 4.80. The van der Waals surface area contributed by atoms with Crippen molar-refractivity contribution in [2.45, 2.75) is 36.6 Å². The lowest BCUT2D eigenvalue weighted by atomic mass is 10.3. The summed E-state index contributed by atoms with van der Waals surface area (Å²) in [5, 5.41) is 2.82. The van der Waals surface area contributed by atoms with Gasteiger partial charge in [-0.05, 0) is 43.0 Å². The van der Waals surface area contributed by atoms with Gasteiger partial charge < -0.3 is 11.1 Å². The molecule has 1 saturated carbocycles. The summed E-state index contributed by atoms with van der Waals surface area (Å²) in [6, 6.07) is 6.25. The van der Waals surface area contributed by atoms with Crippen LogP contribution in [-0.4, -0.2) is 22.2 Å². The van der Waals surface area contributed by atoms with E-state index in [4.69, 9.17) is 5.73 Å². The molecule has 1 aromatic rings. The van der Waals surface area contributed by atoms with E-state index in [9.17, 15) is 9.00 Å². The number of urea groups is 1. The van der Waals surface area contributed by atoms with Crippen LogP contribution < -0.4 is 15.8 Å². The Labute approximate surface area is 113 Å². The smallest absolute Gasteiger partial charge is 0.326 e. The quantitative estimate of drug-likeness (QED) is 0.580. The summed E-state index contributed by atoms with van der Waals surface area (Å²) in [5.74, 6) is 3.60. The fourth-order valence-corrected chi connectivity index (χ4v) is 3.23. The average Bonchev–Trinajstić information content (AvgIpc) is 2.81. The van der Waals surface area contributed by atoms with Gasteiger partial charge in [0, 0.05) is 16.6 Å². The predicted octanol–water partition coefficient (Wildman–Crippen LogP) is 1.50. The highest BCUT2D eigenvalue weighted by molar-refractivity contribution is 7.99. The topological polar surface area (TPSA) is 84.2 Å². The highest BCUT2D eigenvalue weighted by Crippen LogP contribution is 2.17. The van der Waals surface area contributed by atoms with Crippen LogP contribution in [0.1, 0.15) is 25.7 Å². The van der Waals surface area contributed by atoms with Crippen molar-refractivity contribution in [3.63, 3.8) is 0 Å². The molecule has 19 heavy (non-hydrogen) atoms. The number of amides is 2. The highest BCUT2D eigenvalue weighted by atomic mass is 32.2.